The summed E-state index contributed by atoms with van der Waals surface area (Å²) in [6.45, 7) is 3.93. The fourth-order valence-electron chi connectivity index (χ4n) is 2.72. The van der Waals surface area contributed by atoms with Crippen LogP contribution in [0.3, 0.4) is 0 Å². The van der Waals surface area contributed by atoms with Crippen molar-refractivity contribution in [1.29, 1.82) is 0 Å². The molecule has 0 atom stereocenters. The minimum atomic E-state index is 0. The zero-order valence-electron chi connectivity index (χ0n) is 14.9. The summed E-state index contributed by atoms with van der Waals surface area (Å²) >= 11 is 0. The van der Waals surface area contributed by atoms with E-state index in [9.17, 15) is 0 Å². The molecule has 7 nitrogen and oxygen atoms in total. The number of guanidine groups is 1. The highest BCUT2D eigenvalue weighted by molar-refractivity contribution is 14.0. The van der Waals surface area contributed by atoms with Crippen LogP contribution in [0.2, 0.25) is 0 Å². The van der Waals surface area contributed by atoms with E-state index in [0.29, 0.717) is 12.6 Å². The molecule has 1 fully saturated rings. The van der Waals surface area contributed by atoms with Gasteiger partial charge in [-0.25, -0.2) is 4.99 Å². The maximum atomic E-state index is 5.43. The molecule has 0 unspecified atom stereocenters. The predicted molar refractivity (Wildman–Crippen MR) is 113 cm³/mol. The molecule has 0 amide bonds. The third-order valence-corrected chi connectivity index (χ3v) is 4.10. The van der Waals surface area contributed by atoms with Gasteiger partial charge in [0.25, 0.3) is 0 Å². The zero-order chi connectivity index (χ0) is 17.2. The van der Waals surface area contributed by atoms with E-state index in [-0.39, 0.29) is 24.0 Å². The van der Waals surface area contributed by atoms with Crippen molar-refractivity contribution in [3.05, 3.63) is 48.5 Å². The number of nitrogens with one attached hydrogen (secondary N) is 2. The maximum absolute atomic E-state index is 5.43. The summed E-state index contributed by atoms with van der Waals surface area (Å²) in [6.07, 6.45) is 8.60. The molecule has 0 bridgehead atoms. The van der Waals surface area contributed by atoms with Crippen molar-refractivity contribution >= 4 is 29.9 Å². The Morgan fingerprint density at radius 2 is 2.12 bits per heavy atom. The summed E-state index contributed by atoms with van der Waals surface area (Å²) in [5, 5.41) is 11.2. The Morgan fingerprint density at radius 1 is 1.23 bits per heavy atom. The normalized spacial score (nSPS) is 15.3. The Balaban J connectivity index is 0.00000243. The van der Waals surface area contributed by atoms with Gasteiger partial charge in [-0.1, -0.05) is 6.07 Å². The van der Waals surface area contributed by atoms with E-state index >= 15 is 0 Å². The summed E-state index contributed by atoms with van der Waals surface area (Å²) in [6, 6.07) is 8.26. The predicted octanol–water partition coefficient (Wildman–Crippen LogP) is 2.20. The Hall–Kier alpha value is -1.68. The standard InChI is InChI=1S/C18H26N6O.HI/c1-2-8-19-17(5-1)15-21-18(23-16-6-13-25-14-7-16)20-9-3-11-24-12-4-10-22-24;/h1-2,4-5,8,10,12,16H,3,6-7,9,11,13-15H2,(H2,20,21,23);1H. The monoisotopic (exact) mass is 470 g/mol. The molecule has 26 heavy (non-hydrogen) atoms. The highest BCUT2D eigenvalue weighted by atomic mass is 127. The summed E-state index contributed by atoms with van der Waals surface area (Å²) in [5.41, 5.74) is 0.965. The smallest absolute Gasteiger partial charge is 0.191 e. The second kappa shape index (κ2) is 11.8. The first-order chi connectivity index (χ1) is 12.4. The fraction of sp³-hybridized carbons (Fsp3) is 0.500. The largest absolute Gasteiger partial charge is 0.381 e. The van der Waals surface area contributed by atoms with Gasteiger partial charge in [-0.15, -0.1) is 24.0 Å². The molecule has 2 N–H and O–H groups in total. The van der Waals surface area contributed by atoms with Gasteiger partial charge in [0.05, 0.1) is 12.2 Å². The van der Waals surface area contributed by atoms with E-state index in [0.717, 1.165) is 57.2 Å². The number of halogens is 1. The van der Waals surface area contributed by atoms with Crippen molar-refractivity contribution in [2.24, 2.45) is 4.99 Å². The van der Waals surface area contributed by atoms with Crippen LogP contribution in [0.5, 0.6) is 0 Å². The summed E-state index contributed by atoms with van der Waals surface area (Å²) in [7, 11) is 0. The van der Waals surface area contributed by atoms with Gasteiger partial charge < -0.3 is 15.4 Å². The summed E-state index contributed by atoms with van der Waals surface area (Å²) in [5.74, 6) is 0.845. The van der Waals surface area contributed by atoms with Gasteiger partial charge in [0.15, 0.2) is 5.96 Å². The first-order valence-electron chi connectivity index (χ1n) is 8.90. The molecule has 0 aliphatic carbocycles. The van der Waals surface area contributed by atoms with Gasteiger partial charge in [0.1, 0.15) is 0 Å². The van der Waals surface area contributed by atoms with Crippen molar-refractivity contribution in [3.8, 4) is 0 Å². The number of ether oxygens (including phenoxy) is 1. The first-order valence-corrected chi connectivity index (χ1v) is 8.90. The van der Waals surface area contributed by atoms with E-state index < -0.39 is 0 Å². The average molecular weight is 470 g/mol. The quantitative estimate of drug-likeness (QED) is 0.281. The van der Waals surface area contributed by atoms with Crippen LogP contribution in [0.25, 0.3) is 0 Å². The third-order valence-electron chi connectivity index (χ3n) is 4.10. The Kier molecular flexibility index (Phi) is 9.40. The molecule has 0 aromatic carbocycles. The number of pyridine rings is 1. The van der Waals surface area contributed by atoms with Crippen LogP contribution in [0.4, 0.5) is 0 Å². The lowest BCUT2D eigenvalue weighted by Gasteiger charge is -2.25. The lowest BCUT2D eigenvalue weighted by Crippen LogP contribution is -2.46. The number of aryl methyl sites for hydroxylation is 1. The van der Waals surface area contributed by atoms with Gasteiger partial charge >= 0.3 is 0 Å². The highest BCUT2D eigenvalue weighted by Gasteiger charge is 2.14. The van der Waals surface area contributed by atoms with Crippen molar-refractivity contribution < 1.29 is 4.74 Å². The van der Waals surface area contributed by atoms with Gasteiger partial charge in [0.2, 0.25) is 0 Å². The molecule has 0 spiro atoms. The number of aliphatic imine (C=N–C) groups is 1. The molecule has 1 aliphatic rings. The van der Waals surface area contributed by atoms with Crippen molar-refractivity contribution in [1.82, 2.24) is 25.4 Å². The fourth-order valence-corrected chi connectivity index (χ4v) is 2.72. The lowest BCUT2D eigenvalue weighted by molar-refractivity contribution is 0.0822. The second-order valence-corrected chi connectivity index (χ2v) is 6.07. The number of aromatic nitrogens is 3. The topological polar surface area (TPSA) is 76.4 Å². The molecular weight excluding hydrogens is 443 g/mol. The van der Waals surface area contributed by atoms with E-state index in [2.05, 4.69) is 20.7 Å². The van der Waals surface area contributed by atoms with Crippen LogP contribution >= 0.6 is 24.0 Å². The van der Waals surface area contributed by atoms with Gasteiger partial charge in [0, 0.05) is 50.9 Å². The number of hydrogen-bond acceptors (Lipinski definition) is 4. The molecule has 2 aromatic heterocycles. The van der Waals surface area contributed by atoms with Gasteiger partial charge in [-0.3, -0.25) is 9.67 Å². The Morgan fingerprint density at radius 3 is 2.85 bits per heavy atom. The van der Waals surface area contributed by atoms with E-state index in [1.807, 2.05) is 35.1 Å². The molecule has 0 radical (unpaired) electrons. The lowest BCUT2D eigenvalue weighted by atomic mass is 10.1. The molecule has 0 saturated carbocycles. The highest BCUT2D eigenvalue weighted by Crippen LogP contribution is 2.06. The third kappa shape index (κ3) is 7.28. The van der Waals surface area contributed by atoms with Crippen LogP contribution in [-0.4, -0.2) is 46.5 Å². The molecule has 3 heterocycles. The minimum absolute atomic E-state index is 0. The molecule has 3 rings (SSSR count). The molecule has 1 saturated heterocycles. The molecule has 1 aliphatic heterocycles. The molecular formula is C18H27IN6O. The SMILES string of the molecule is I.c1ccc(CN=C(NCCCn2cccn2)NC2CCOCC2)nc1. The molecule has 2 aromatic rings. The van der Waals surface area contributed by atoms with Crippen LogP contribution < -0.4 is 10.6 Å². The van der Waals surface area contributed by atoms with Crippen LogP contribution in [0, 0.1) is 0 Å². The van der Waals surface area contributed by atoms with E-state index in [1.165, 1.54) is 0 Å². The van der Waals surface area contributed by atoms with Crippen LogP contribution in [0.1, 0.15) is 25.0 Å². The number of rotatable bonds is 7. The minimum Gasteiger partial charge on any atom is -0.381 e. The van der Waals surface area contributed by atoms with Crippen molar-refractivity contribution in [2.45, 2.75) is 38.4 Å². The van der Waals surface area contributed by atoms with Crippen LogP contribution in [-0.2, 0) is 17.8 Å². The zero-order valence-corrected chi connectivity index (χ0v) is 17.2. The van der Waals surface area contributed by atoms with Gasteiger partial charge in [-0.05, 0) is 37.5 Å². The second-order valence-electron chi connectivity index (χ2n) is 6.07. The molecule has 8 heteroatoms. The number of hydrogen-bond donors (Lipinski definition) is 2. The van der Waals surface area contributed by atoms with Crippen molar-refractivity contribution in [3.63, 3.8) is 0 Å². The Bertz CT molecular complexity index is 628. The first kappa shape index (κ1) is 20.6. The average Bonchev–Trinajstić information content (AvgIpc) is 3.18. The van der Waals surface area contributed by atoms with E-state index in [4.69, 9.17) is 9.73 Å². The summed E-state index contributed by atoms with van der Waals surface area (Å²) in [4.78, 5) is 9.02. The Labute approximate surface area is 171 Å². The van der Waals surface area contributed by atoms with E-state index in [1.54, 1.807) is 12.4 Å². The maximum Gasteiger partial charge on any atom is 0.191 e. The van der Waals surface area contributed by atoms with Gasteiger partial charge in [-0.2, -0.15) is 5.10 Å². The van der Waals surface area contributed by atoms with Crippen LogP contribution in [0.15, 0.2) is 47.8 Å². The van der Waals surface area contributed by atoms with Crippen molar-refractivity contribution in [2.75, 3.05) is 19.8 Å². The number of nitrogens with zero attached hydrogens (tertiary/aromatic N) is 4. The molecule has 142 valence electrons. The summed E-state index contributed by atoms with van der Waals surface area (Å²) < 4.78 is 7.37.